The molecule has 21 heavy (non-hydrogen) atoms. The second-order valence-electron chi connectivity index (χ2n) is 4.58. The number of benzene rings is 1. The molecule has 0 aliphatic carbocycles. The highest BCUT2D eigenvalue weighted by Crippen LogP contribution is 2.27. The number of hydrogen-bond donors (Lipinski definition) is 1. The predicted molar refractivity (Wildman–Crippen MR) is 69.5 cm³/mol. The van der Waals surface area contributed by atoms with Gasteiger partial charge in [-0.25, -0.2) is 23.5 Å². The van der Waals surface area contributed by atoms with Gasteiger partial charge < -0.3 is 9.84 Å². The maximum Gasteiger partial charge on any atom is 0.358 e. The first kappa shape index (κ1) is 14.8. The van der Waals surface area contributed by atoms with Crippen molar-refractivity contribution in [2.45, 2.75) is 19.8 Å². The lowest BCUT2D eigenvalue weighted by Crippen LogP contribution is -2.09. The topological polar surface area (TPSA) is 72.3 Å². The van der Waals surface area contributed by atoms with Crippen LogP contribution in [-0.2, 0) is 0 Å². The fourth-order valence-corrected chi connectivity index (χ4v) is 1.57. The quantitative estimate of drug-likeness (QED) is 0.936. The number of nitrogens with zero attached hydrogens (tertiary/aromatic N) is 2. The van der Waals surface area contributed by atoms with Crippen LogP contribution in [-0.4, -0.2) is 21.0 Å². The Morgan fingerprint density at radius 2 is 2.00 bits per heavy atom. The second-order valence-corrected chi connectivity index (χ2v) is 4.58. The Balaban J connectivity index is 2.41. The Kier molecular flexibility index (Phi) is 4.11. The zero-order valence-electron chi connectivity index (χ0n) is 11.3. The van der Waals surface area contributed by atoms with Crippen molar-refractivity contribution in [1.82, 2.24) is 9.97 Å². The molecule has 0 fully saturated rings. The fraction of sp³-hybridized carbons (Fsp3) is 0.214. The van der Waals surface area contributed by atoms with E-state index < -0.39 is 17.6 Å². The molecule has 0 saturated heterocycles. The van der Waals surface area contributed by atoms with Gasteiger partial charge in [0, 0.05) is 12.0 Å². The number of aromatic nitrogens is 2. The standard InChI is InChI=1S/C14H12F2N2O3/c1-7(2)13-17-6-11(12(18-13)14(19)20)21-10-4-3-8(15)5-9(10)16/h3-7H,1-2H3,(H,19,20). The summed E-state index contributed by atoms with van der Waals surface area (Å²) in [5.74, 6) is -3.28. The summed E-state index contributed by atoms with van der Waals surface area (Å²) < 4.78 is 31.5. The molecule has 7 heteroatoms. The minimum atomic E-state index is -1.32. The number of ether oxygens (including phenoxy) is 1. The first-order valence-corrected chi connectivity index (χ1v) is 6.11. The number of hydrogen-bond acceptors (Lipinski definition) is 4. The van der Waals surface area contributed by atoms with Crippen LogP contribution in [0.5, 0.6) is 11.5 Å². The zero-order valence-corrected chi connectivity index (χ0v) is 11.3. The predicted octanol–water partition coefficient (Wildman–Crippen LogP) is 3.37. The third kappa shape index (κ3) is 3.31. The molecule has 1 aromatic carbocycles. The van der Waals surface area contributed by atoms with Crippen molar-refractivity contribution in [2.75, 3.05) is 0 Å². The molecule has 2 rings (SSSR count). The lowest BCUT2D eigenvalue weighted by Gasteiger charge is -2.10. The van der Waals surface area contributed by atoms with Crippen LogP contribution in [0.3, 0.4) is 0 Å². The molecule has 0 radical (unpaired) electrons. The molecule has 0 saturated carbocycles. The summed E-state index contributed by atoms with van der Waals surface area (Å²) in [4.78, 5) is 19.1. The van der Waals surface area contributed by atoms with E-state index >= 15 is 0 Å². The third-order valence-electron chi connectivity index (χ3n) is 2.61. The summed E-state index contributed by atoms with van der Waals surface area (Å²) >= 11 is 0. The van der Waals surface area contributed by atoms with Gasteiger partial charge in [0.25, 0.3) is 0 Å². The summed E-state index contributed by atoms with van der Waals surface area (Å²) in [6, 6.07) is 2.70. The van der Waals surface area contributed by atoms with Crippen LogP contribution in [0.1, 0.15) is 36.1 Å². The lowest BCUT2D eigenvalue weighted by molar-refractivity contribution is 0.0686. The highest BCUT2D eigenvalue weighted by atomic mass is 19.1. The molecule has 0 unspecified atom stereocenters. The van der Waals surface area contributed by atoms with E-state index in [1.807, 2.05) is 0 Å². The molecule has 5 nitrogen and oxygen atoms in total. The average molecular weight is 294 g/mol. The Morgan fingerprint density at radius 3 is 2.57 bits per heavy atom. The summed E-state index contributed by atoms with van der Waals surface area (Å²) in [5.41, 5.74) is -0.377. The molecule has 0 spiro atoms. The van der Waals surface area contributed by atoms with Gasteiger partial charge in [-0.1, -0.05) is 13.8 Å². The fourth-order valence-electron chi connectivity index (χ4n) is 1.57. The maximum absolute atomic E-state index is 13.5. The first-order valence-electron chi connectivity index (χ1n) is 6.11. The minimum absolute atomic E-state index is 0.0697. The van der Waals surface area contributed by atoms with Crippen LogP contribution in [0.4, 0.5) is 8.78 Å². The smallest absolute Gasteiger partial charge is 0.358 e. The molecule has 0 bridgehead atoms. The normalized spacial score (nSPS) is 10.7. The van der Waals surface area contributed by atoms with Gasteiger partial charge in [-0.2, -0.15) is 0 Å². The molecule has 1 aromatic heterocycles. The van der Waals surface area contributed by atoms with E-state index in [1.54, 1.807) is 13.8 Å². The number of carboxylic acids is 1. The molecule has 0 aliphatic heterocycles. The van der Waals surface area contributed by atoms with E-state index in [0.29, 0.717) is 11.9 Å². The van der Waals surface area contributed by atoms with Crippen LogP contribution in [0.2, 0.25) is 0 Å². The van der Waals surface area contributed by atoms with Crippen molar-refractivity contribution < 1.29 is 23.4 Å². The molecular weight excluding hydrogens is 282 g/mol. The van der Waals surface area contributed by atoms with E-state index in [4.69, 9.17) is 9.84 Å². The van der Waals surface area contributed by atoms with Crippen molar-refractivity contribution in [2.24, 2.45) is 0 Å². The Labute approximate surface area is 119 Å². The van der Waals surface area contributed by atoms with Crippen LogP contribution in [0.25, 0.3) is 0 Å². The maximum atomic E-state index is 13.5. The van der Waals surface area contributed by atoms with E-state index in [2.05, 4.69) is 9.97 Å². The van der Waals surface area contributed by atoms with Gasteiger partial charge in [-0.3, -0.25) is 0 Å². The number of halogens is 2. The summed E-state index contributed by atoms with van der Waals surface area (Å²) in [5, 5.41) is 9.14. The number of rotatable bonds is 4. The molecule has 1 N–H and O–H groups in total. The number of carboxylic acid groups (broad SMARTS) is 1. The zero-order chi connectivity index (χ0) is 15.6. The number of carbonyl (C=O) groups is 1. The molecule has 2 aromatic rings. The van der Waals surface area contributed by atoms with Gasteiger partial charge in [0.05, 0.1) is 6.20 Å². The highest BCUT2D eigenvalue weighted by molar-refractivity contribution is 5.88. The SMILES string of the molecule is CC(C)c1ncc(Oc2ccc(F)cc2F)c(C(=O)O)n1. The molecule has 1 heterocycles. The van der Waals surface area contributed by atoms with Crippen molar-refractivity contribution in [3.63, 3.8) is 0 Å². The lowest BCUT2D eigenvalue weighted by atomic mass is 10.2. The molecule has 110 valence electrons. The minimum Gasteiger partial charge on any atom is -0.476 e. The van der Waals surface area contributed by atoms with E-state index in [9.17, 15) is 13.6 Å². The first-order chi connectivity index (χ1) is 9.88. The van der Waals surface area contributed by atoms with E-state index in [1.165, 1.54) is 0 Å². The number of aromatic carboxylic acids is 1. The average Bonchev–Trinajstić information content (AvgIpc) is 2.41. The van der Waals surface area contributed by atoms with Gasteiger partial charge in [0.15, 0.2) is 23.0 Å². The van der Waals surface area contributed by atoms with Gasteiger partial charge in [-0.05, 0) is 12.1 Å². The monoisotopic (exact) mass is 294 g/mol. The van der Waals surface area contributed by atoms with Gasteiger partial charge in [0.1, 0.15) is 11.6 Å². The molecular formula is C14H12F2N2O3. The summed E-state index contributed by atoms with van der Waals surface area (Å²) in [6.45, 7) is 3.61. The van der Waals surface area contributed by atoms with Gasteiger partial charge in [-0.15, -0.1) is 0 Å². The Morgan fingerprint density at radius 1 is 1.29 bits per heavy atom. The van der Waals surface area contributed by atoms with Crippen molar-refractivity contribution in [1.29, 1.82) is 0 Å². The van der Waals surface area contributed by atoms with Crippen molar-refractivity contribution >= 4 is 5.97 Å². The van der Waals surface area contributed by atoms with Crippen LogP contribution in [0, 0.1) is 11.6 Å². The largest absolute Gasteiger partial charge is 0.476 e. The molecule has 0 aliphatic rings. The second kappa shape index (κ2) is 5.82. The Bertz CT molecular complexity index is 690. The van der Waals surface area contributed by atoms with Gasteiger partial charge >= 0.3 is 5.97 Å². The third-order valence-corrected chi connectivity index (χ3v) is 2.61. The summed E-state index contributed by atoms with van der Waals surface area (Å²) in [6.07, 6.45) is 1.16. The van der Waals surface area contributed by atoms with Crippen LogP contribution >= 0.6 is 0 Å². The van der Waals surface area contributed by atoms with Crippen molar-refractivity contribution in [3.05, 3.63) is 47.5 Å². The van der Waals surface area contributed by atoms with Crippen LogP contribution < -0.4 is 4.74 Å². The molecule has 0 amide bonds. The summed E-state index contributed by atoms with van der Waals surface area (Å²) in [7, 11) is 0. The van der Waals surface area contributed by atoms with Gasteiger partial charge in [0.2, 0.25) is 0 Å². The molecule has 0 atom stereocenters. The van der Waals surface area contributed by atoms with E-state index in [-0.39, 0.29) is 23.1 Å². The van der Waals surface area contributed by atoms with Crippen LogP contribution in [0.15, 0.2) is 24.4 Å². The Hall–Kier alpha value is -2.57. The van der Waals surface area contributed by atoms with E-state index in [0.717, 1.165) is 18.3 Å². The highest BCUT2D eigenvalue weighted by Gasteiger charge is 2.18. The van der Waals surface area contributed by atoms with Crippen molar-refractivity contribution in [3.8, 4) is 11.5 Å².